The van der Waals surface area contributed by atoms with Crippen molar-refractivity contribution in [1.29, 1.82) is 0 Å². The Hall–Kier alpha value is -3.19. The number of nitrogens with zero attached hydrogens (tertiary/aromatic N) is 1. The Morgan fingerprint density at radius 3 is 2.62 bits per heavy atom. The molecular formula is C25H26FNO5. The number of aryl methyl sites for hydroxylation is 2. The number of Topliss-reactive ketones (excluding diaryl/α,β-unsaturated/α-hetero) is 1. The standard InChI is InChI=1S/C25H26FNO5/c1-14-12-20(31-3)15(2)11-18(14)23(28)21-22(17-8-4-5-9-19(17)26)27(25(30)24(21)29)13-16-7-6-10-32-16/h4-5,8-9,11-12,16,22,28H,6-7,10,13H2,1-3H3/b23-21+. The molecule has 2 aromatic rings. The lowest BCUT2D eigenvalue weighted by molar-refractivity contribution is -0.140. The van der Waals surface area contributed by atoms with Crippen molar-refractivity contribution in [3.63, 3.8) is 0 Å². The van der Waals surface area contributed by atoms with E-state index >= 15 is 0 Å². The number of methoxy groups -OCH3 is 1. The third-order valence-electron chi connectivity index (χ3n) is 6.16. The van der Waals surface area contributed by atoms with Crippen LogP contribution in [0.5, 0.6) is 5.75 Å². The Morgan fingerprint density at radius 1 is 1.22 bits per heavy atom. The van der Waals surface area contributed by atoms with Gasteiger partial charge in [0.1, 0.15) is 17.3 Å². The zero-order valence-electron chi connectivity index (χ0n) is 18.4. The first kappa shape index (κ1) is 22.0. The molecule has 2 atom stereocenters. The highest BCUT2D eigenvalue weighted by Gasteiger charge is 2.48. The predicted molar refractivity (Wildman–Crippen MR) is 117 cm³/mol. The van der Waals surface area contributed by atoms with Gasteiger partial charge in [0.2, 0.25) is 0 Å². The largest absolute Gasteiger partial charge is 0.507 e. The molecule has 1 amide bonds. The number of likely N-dealkylation sites (tertiary alicyclic amines) is 1. The second kappa shape index (κ2) is 8.74. The van der Waals surface area contributed by atoms with E-state index < -0.39 is 23.5 Å². The zero-order chi connectivity index (χ0) is 23.0. The second-order valence-electron chi connectivity index (χ2n) is 8.24. The number of ketones is 1. The number of carbonyl (C=O) groups excluding carboxylic acids is 2. The molecule has 0 radical (unpaired) electrons. The van der Waals surface area contributed by atoms with Gasteiger partial charge in [0.15, 0.2) is 0 Å². The van der Waals surface area contributed by atoms with E-state index in [1.54, 1.807) is 38.3 Å². The van der Waals surface area contributed by atoms with Gasteiger partial charge in [-0.3, -0.25) is 9.59 Å². The van der Waals surface area contributed by atoms with E-state index in [0.29, 0.717) is 23.5 Å². The lowest BCUT2D eigenvalue weighted by atomic mass is 9.92. The number of hydrogen-bond acceptors (Lipinski definition) is 5. The highest BCUT2D eigenvalue weighted by Crippen LogP contribution is 2.41. The molecule has 2 aromatic carbocycles. The van der Waals surface area contributed by atoms with E-state index in [4.69, 9.17) is 9.47 Å². The van der Waals surface area contributed by atoms with Crippen LogP contribution in [0.3, 0.4) is 0 Å². The minimum atomic E-state index is -1.04. The molecule has 2 aliphatic heterocycles. The molecule has 2 unspecified atom stereocenters. The van der Waals surface area contributed by atoms with Crippen molar-refractivity contribution in [3.05, 3.63) is 70.0 Å². The van der Waals surface area contributed by atoms with E-state index in [-0.39, 0.29) is 29.5 Å². The van der Waals surface area contributed by atoms with Crippen molar-refractivity contribution >= 4 is 17.4 Å². The van der Waals surface area contributed by atoms with Gasteiger partial charge >= 0.3 is 0 Å². The maximum atomic E-state index is 14.9. The molecule has 0 bridgehead atoms. The van der Waals surface area contributed by atoms with Crippen molar-refractivity contribution in [2.24, 2.45) is 0 Å². The van der Waals surface area contributed by atoms with Crippen LogP contribution >= 0.6 is 0 Å². The fraction of sp³-hybridized carbons (Fsp3) is 0.360. The predicted octanol–water partition coefficient (Wildman–Crippen LogP) is 4.05. The van der Waals surface area contributed by atoms with Crippen LogP contribution in [0.2, 0.25) is 0 Å². The molecule has 0 aliphatic carbocycles. The van der Waals surface area contributed by atoms with Crippen LogP contribution in [0.4, 0.5) is 4.39 Å². The van der Waals surface area contributed by atoms with E-state index in [9.17, 15) is 19.1 Å². The highest BCUT2D eigenvalue weighted by atomic mass is 19.1. The van der Waals surface area contributed by atoms with E-state index in [0.717, 1.165) is 18.4 Å². The summed E-state index contributed by atoms with van der Waals surface area (Å²) >= 11 is 0. The number of rotatable bonds is 5. The summed E-state index contributed by atoms with van der Waals surface area (Å²) in [7, 11) is 1.55. The van der Waals surface area contributed by atoms with Crippen molar-refractivity contribution in [1.82, 2.24) is 4.90 Å². The van der Waals surface area contributed by atoms with Gasteiger partial charge in [0, 0.05) is 24.3 Å². The molecule has 6 nitrogen and oxygen atoms in total. The maximum Gasteiger partial charge on any atom is 0.295 e. The van der Waals surface area contributed by atoms with Gasteiger partial charge in [-0.25, -0.2) is 4.39 Å². The summed E-state index contributed by atoms with van der Waals surface area (Å²) in [4.78, 5) is 27.5. The lowest BCUT2D eigenvalue weighted by Gasteiger charge is -2.27. The van der Waals surface area contributed by atoms with Gasteiger partial charge in [-0.05, 0) is 56.0 Å². The Bertz CT molecular complexity index is 1100. The van der Waals surface area contributed by atoms with Crippen LogP contribution < -0.4 is 4.74 Å². The molecule has 0 saturated carbocycles. The first-order valence-electron chi connectivity index (χ1n) is 10.6. The molecule has 4 rings (SSSR count). The Morgan fingerprint density at radius 2 is 1.97 bits per heavy atom. The smallest absolute Gasteiger partial charge is 0.295 e. The van der Waals surface area contributed by atoms with E-state index in [1.807, 2.05) is 6.92 Å². The Balaban J connectivity index is 1.88. The Labute approximate surface area is 186 Å². The van der Waals surface area contributed by atoms with E-state index in [1.165, 1.54) is 17.0 Å². The summed E-state index contributed by atoms with van der Waals surface area (Å²) in [6.07, 6.45) is 1.39. The fourth-order valence-corrected chi connectivity index (χ4v) is 4.51. The van der Waals surface area contributed by atoms with Crippen LogP contribution in [0, 0.1) is 19.7 Å². The molecule has 2 fully saturated rings. The quantitative estimate of drug-likeness (QED) is 0.432. The molecular weight excluding hydrogens is 413 g/mol. The number of carbonyl (C=O) groups is 2. The minimum absolute atomic E-state index is 0.120. The van der Waals surface area contributed by atoms with Crippen molar-refractivity contribution in [2.45, 2.75) is 38.8 Å². The number of benzene rings is 2. The monoisotopic (exact) mass is 439 g/mol. The van der Waals surface area contributed by atoms with Crippen LogP contribution in [0.15, 0.2) is 42.0 Å². The molecule has 168 valence electrons. The third kappa shape index (κ3) is 3.77. The minimum Gasteiger partial charge on any atom is -0.507 e. The number of aliphatic hydroxyl groups is 1. The molecule has 32 heavy (non-hydrogen) atoms. The molecule has 2 aliphatic rings. The number of ether oxygens (including phenoxy) is 2. The Kier molecular flexibility index (Phi) is 6.02. The highest BCUT2D eigenvalue weighted by molar-refractivity contribution is 6.46. The first-order chi connectivity index (χ1) is 15.3. The summed E-state index contributed by atoms with van der Waals surface area (Å²) in [6.45, 7) is 4.33. The van der Waals surface area contributed by atoms with Crippen molar-refractivity contribution in [2.75, 3.05) is 20.3 Å². The first-order valence-corrected chi connectivity index (χ1v) is 10.6. The SMILES string of the molecule is COc1cc(C)c(/C(O)=C2\C(=O)C(=O)N(CC3CCCO3)C2c2ccccc2F)cc1C. The number of amides is 1. The van der Waals surface area contributed by atoms with E-state index in [2.05, 4.69) is 0 Å². The average Bonchev–Trinajstić information content (AvgIpc) is 3.37. The van der Waals surface area contributed by atoms with Gasteiger partial charge in [-0.1, -0.05) is 18.2 Å². The fourth-order valence-electron chi connectivity index (χ4n) is 4.51. The molecule has 2 saturated heterocycles. The van der Waals surface area contributed by atoms with Gasteiger partial charge in [0.25, 0.3) is 11.7 Å². The molecule has 0 spiro atoms. The van der Waals surface area contributed by atoms with Crippen LogP contribution in [0.1, 0.15) is 41.1 Å². The average molecular weight is 439 g/mol. The number of halogens is 1. The van der Waals surface area contributed by atoms with Crippen molar-refractivity contribution in [3.8, 4) is 5.75 Å². The number of hydrogen-bond donors (Lipinski definition) is 1. The molecule has 7 heteroatoms. The summed E-state index contributed by atoms with van der Waals surface area (Å²) in [6, 6.07) is 8.43. The summed E-state index contributed by atoms with van der Waals surface area (Å²) in [5, 5.41) is 11.3. The summed E-state index contributed by atoms with van der Waals surface area (Å²) in [5.41, 5.74) is 1.87. The van der Waals surface area contributed by atoms with Gasteiger partial charge in [-0.15, -0.1) is 0 Å². The lowest BCUT2D eigenvalue weighted by Crippen LogP contribution is -2.36. The molecule has 0 aromatic heterocycles. The summed E-state index contributed by atoms with van der Waals surface area (Å²) < 4.78 is 25.9. The van der Waals surface area contributed by atoms with Crippen molar-refractivity contribution < 1.29 is 28.6 Å². The topological polar surface area (TPSA) is 76.1 Å². The van der Waals surface area contributed by atoms with Gasteiger partial charge in [0.05, 0.1) is 24.8 Å². The van der Waals surface area contributed by atoms with Gasteiger partial charge in [-0.2, -0.15) is 0 Å². The van der Waals surface area contributed by atoms with Crippen LogP contribution in [-0.4, -0.2) is 48.1 Å². The third-order valence-corrected chi connectivity index (χ3v) is 6.16. The van der Waals surface area contributed by atoms with Crippen LogP contribution in [0.25, 0.3) is 5.76 Å². The van der Waals surface area contributed by atoms with Crippen LogP contribution in [-0.2, 0) is 14.3 Å². The van der Waals surface area contributed by atoms with Gasteiger partial charge < -0.3 is 19.5 Å². The molecule has 1 N–H and O–H groups in total. The normalized spacial score (nSPS) is 22.6. The number of aliphatic hydroxyl groups excluding tert-OH is 1. The summed E-state index contributed by atoms with van der Waals surface area (Å²) in [5.74, 6) is -1.83. The maximum absolute atomic E-state index is 14.9. The zero-order valence-corrected chi connectivity index (χ0v) is 18.4. The second-order valence-corrected chi connectivity index (χ2v) is 8.24. The molecule has 2 heterocycles.